The van der Waals surface area contributed by atoms with Gasteiger partial charge in [0, 0.05) is 25.2 Å². The molecule has 0 aliphatic carbocycles. The first-order valence-electron chi connectivity index (χ1n) is 11.0. The molecule has 3 aromatic rings. The maximum Gasteiger partial charge on any atom is 0.166 e. The van der Waals surface area contributed by atoms with Crippen molar-refractivity contribution in [2.24, 2.45) is 0 Å². The zero-order chi connectivity index (χ0) is 23.3. The largest absolute Gasteiger partial charge is 0.493 e. The molecule has 0 fully saturated rings. The second-order valence-electron chi connectivity index (χ2n) is 7.63. The summed E-state index contributed by atoms with van der Waals surface area (Å²) in [6.07, 6.45) is 8.09. The number of terminal acetylenes is 1. The molecule has 3 rings (SSSR count). The van der Waals surface area contributed by atoms with Crippen molar-refractivity contribution < 1.29 is 14.2 Å². The van der Waals surface area contributed by atoms with Gasteiger partial charge in [-0.05, 0) is 35.7 Å². The molecule has 0 bridgehead atoms. The maximum absolute atomic E-state index is 6.23. The third kappa shape index (κ3) is 7.45. The molecule has 0 spiro atoms. The van der Waals surface area contributed by atoms with Gasteiger partial charge in [-0.2, -0.15) is 0 Å². The highest BCUT2D eigenvalue weighted by molar-refractivity contribution is 5.46. The van der Waals surface area contributed by atoms with E-state index >= 15 is 0 Å². The van der Waals surface area contributed by atoms with Crippen LogP contribution in [0.15, 0.2) is 85.5 Å². The third-order valence-corrected chi connectivity index (χ3v) is 5.25. The molecule has 3 aromatic carbocycles. The first-order valence-corrected chi connectivity index (χ1v) is 11.0. The Kier molecular flexibility index (Phi) is 9.45. The van der Waals surface area contributed by atoms with Crippen LogP contribution >= 0.6 is 0 Å². The minimum Gasteiger partial charge on any atom is -0.493 e. The van der Waals surface area contributed by atoms with Crippen LogP contribution in [0.25, 0.3) is 0 Å². The Bertz CT molecular complexity index is 1040. The van der Waals surface area contributed by atoms with Crippen LogP contribution in [0.5, 0.6) is 17.2 Å². The quantitative estimate of drug-likeness (QED) is 0.258. The van der Waals surface area contributed by atoms with Crippen LogP contribution in [-0.4, -0.2) is 31.7 Å². The van der Waals surface area contributed by atoms with E-state index in [1.165, 1.54) is 5.56 Å². The van der Waals surface area contributed by atoms with Crippen LogP contribution in [0, 0.1) is 12.3 Å². The van der Waals surface area contributed by atoms with Crippen LogP contribution in [0.2, 0.25) is 0 Å². The molecule has 0 radical (unpaired) electrons. The first kappa shape index (κ1) is 24.0. The second kappa shape index (κ2) is 13.0. The Morgan fingerprint density at radius 1 is 0.939 bits per heavy atom. The minimum absolute atomic E-state index is 0.279. The number of methoxy groups -OCH3 is 1. The summed E-state index contributed by atoms with van der Waals surface area (Å²) < 4.78 is 17.3. The average Bonchev–Trinajstić information content (AvgIpc) is 2.86. The fraction of sp³-hybridized carbons (Fsp3) is 0.241. The molecule has 0 N–H and O–H groups in total. The van der Waals surface area contributed by atoms with E-state index in [-0.39, 0.29) is 6.61 Å². The van der Waals surface area contributed by atoms with Crippen molar-refractivity contribution in [3.63, 3.8) is 0 Å². The summed E-state index contributed by atoms with van der Waals surface area (Å²) >= 11 is 0. The predicted molar refractivity (Wildman–Crippen MR) is 134 cm³/mol. The number of ether oxygens (including phenoxy) is 3. The molecule has 0 unspecified atom stereocenters. The Morgan fingerprint density at radius 3 is 2.42 bits per heavy atom. The Labute approximate surface area is 197 Å². The lowest BCUT2D eigenvalue weighted by Crippen LogP contribution is -2.26. The summed E-state index contributed by atoms with van der Waals surface area (Å²) in [6, 6.07) is 24.3. The van der Waals surface area contributed by atoms with E-state index in [2.05, 4.69) is 47.7 Å². The molecule has 4 nitrogen and oxygen atoms in total. The van der Waals surface area contributed by atoms with E-state index in [1.54, 1.807) is 7.11 Å². The van der Waals surface area contributed by atoms with Gasteiger partial charge >= 0.3 is 0 Å². The third-order valence-electron chi connectivity index (χ3n) is 5.25. The summed E-state index contributed by atoms with van der Waals surface area (Å²) in [5, 5.41) is 0. The van der Waals surface area contributed by atoms with Crippen LogP contribution in [0.4, 0.5) is 0 Å². The summed E-state index contributed by atoms with van der Waals surface area (Å²) in [6.45, 7) is 7.10. The van der Waals surface area contributed by atoms with Gasteiger partial charge in [-0.15, -0.1) is 13.0 Å². The minimum atomic E-state index is 0.279. The van der Waals surface area contributed by atoms with Crippen molar-refractivity contribution in [1.29, 1.82) is 0 Å². The van der Waals surface area contributed by atoms with Crippen molar-refractivity contribution in [2.75, 3.05) is 26.8 Å². The molecule has 0 amide bonds. The van der Waals surface area contributed by atoms with Crippen LogP contribution in [0.3, 0.4) is 0 Å². The molecule has 0 heterocycles. The lowest BCUT2D eigenvalue weighted by molar-refractivity contribution is 0.262. The molecular formula is C29H31NO3. The van der Waals surface area contributed by atoms with Gasteiger partial charge in [-0.25, -0.2) is 0 Å². The van der Waals surface area contributed by atoms with Crippen molar-refractivity contribution in [1.82, 2.24) is 4.90 Å². The normalized spacial score (nSPS) is 10.5. The second-order valence-corrected chi connectivity index (χ2v) is 7.63. The number of hydrogen-bond donors (Lipinski definition) is 0. The molecule has 0 aromatic heterocycles. The van der Waals surface area contributed by atoms with Crippen LogP contribution in [0.1, 0.15) is 16.7 Å². The molecule has 0 saturated heterocycles. The van der Waals surface area contributed by atoms with Crippen molar-refractivity contribution >= 4 is 0 Å². The monoisotopic (exact) mass is 441 g/mol. The van der Waals surface area contributed by atoms with E-state index in [0.29, 0.717) is 6.61 Å². The van der Waals surface area contributed by atoms with Gasteiger partial charge in [0.2, 0.25) is 0 Å². The molecule has 0 aliphatic rings. The SMILES string of the molecule is C#CCOc1ccc(CCN(CC=C)Cc2cccc(OC)c2OCc2ccccc2)cc1. The lowest BCUT2D eigenvalue weighted by Gasteiger charge is -2.23. The molecule has 0 saturated carbocycles. The lowest BCUT2D eigenvalue weighted by atomic mass is 10.1. The van der Waals surface area contributed by atoms with Crippen LogP contribution in [-0.2, 0) is 19.6 Å². The van der Waals surface area contributed by atoms with Gasteiger partial charge in [0.1, 0.15) is 19.0 Å². The average molecular weight is 442 g/mol. The Balaban J connectivity index is 1.68. The summed E-state index contributed by atoms with van der Waals surface area (Å²) in [5.41, 5.74) is 3.44. The van der Waals surface area contributed by atoms with Gasteiger partial charge in [-0.1, -0.05) is 66.6 Å². The number of para-hydroxylation sites is 1. The molecule has 0 aliphatic heterocycles. The summed E-state index contributed by atoms with van der Waals surface area (Å²) in [7, 11) is 1.67. The van der Waals surface area contributed by atoms with Gasteiger partial charge in [0.05, 0.1) is 7.11 Å². The molecule has 0 atom stereocenters. The number of benzene rings is 3. The zero-order valence-electron chi connectivity index (χ0n) is 19.2. The van der Waals surface area contributed by atoms with E-state index in [0.717, 1.165) is 54.4 Å². The van der Waals surface area contributed by atoms with Crippen molar-refractivity contribution in [3.05, 3.63) is 102 Å². The van der Waals surface area contributed by atoms with E-state index < -0.39 is 0 Å². The summed E-state index contributed by atoms with van der Waals surface area (Å²) in [4.78, 5) is 2.35. The van der Waals surface area contributed by atoms with Gasteiger partial charge in [-0.3, -0.25) is 4.90 Å². The Hall–Kier alpha value is -3.68. The fourth-order valence-corrected chi connectivity index (χ4v) is 3.56. The molecule has 170 valence electrons. The smallest absolute Gasteiger partial charge is 0.166 e. The van der Waals surface area contributed by atoms with E-state index in [9.17, 15) is 0 Å². The van der Waals surface area contributed by atoms with Crippen molar-refractivity contribution in [3.8, 4) is 29.6 Å². The number of rotatable bonds is 13. The number of nitrogens with zero attached hydrogens (tertiary/aromatic N) is 1. The van der Waals surface area contributed by atoms with Crippen LogP contribution < -0.4 is 14.2 Å². The standard InChI is InChI=1S/C29H31NO3/c1-4-19-30(20-18-24-14-16-27(17-15-24)32-21-5-2)22-26-12-9-13-28(31-3)29(26)33-23-25-10-7-6-8-11-25/h2,4,6-17H,1,18-23H2,3H3. The topological polar surface area (TPSA) is 30.9 Å². The highest BCUT2D eigenvalue weighted by Crippen LogP contribution is 2.32. The molecule has 33 heavy (non-hydrogen) atoms. The number of hydrogen-bond acceptors (Lipinski definition) is 4. The zero-order valence-corrected chi connectivity index (χ0v) is 19.2. The van der Waals surface area contributed by atoms with Gasteiger partial charge in [0.25, 0.3) is 0 Å². The van der Waals surface area contributed by atoms with Gasteiger partial charge in [0.15, 0.2) is 11.5 Å². The van der Waals surface area contributed by atoms with Crippen molar-refractivity contribution in [2.45, 2.75) is 19.6 Å². The predicted octanol–water partition coefficient (Wildman–Crippen LogP) is 5.52. The molecule has 4 heteroatoms. The van der Waals surface area contributed by atoms with E-state index in [1.807, 2.05) is 48.5 Å². The van der Waals surface area contributed by atoms with Gasteiger partial charge < -0.3 is 14.2 Å². The summed E-state index contributed by atoms with van der Waals surface area (Å²) in [5.74, 6) is 4.80. The van der Waals surface area contributed by atoms with E-state index in [4.69, 9.17) is 20.6 Å². The maximum atomic E-state index is 6.23. The highest BCUT2D eigenvalue weighted by Gasteiger charge is 2.14. The highest BCUT2D eigenvalue weighted by atomic mass is 16.5. The fourth-order valence-electron chi connectivity index (χ4n) is 3.56. The first-order chi connectivity index (χ1) is 16.2. The molecular weight excluding hydrogens is 410 g/mol. The Morgan fingerprint density at radius 2 is 1.73 bits per heavy atom.